The number of carbonyl (C=O) groups is 1. The predicted octanol–water partition coefficient (Wildman–Crippen LogP) is 5.90. The van der Waals surface area contributed by atoms with Gasteiger partial charge in [0.1, 0.15) is 0 Å². The maximum atomic E-state index is 12.3. The molecule has 0 heterocycles. The van der Waals surface area contributed by atoms with Crippen molar-refractivity contribution in [3.05, 3.63) is 98.6 Å². The molecule has 0 aliphatic rings. The summed E-state index contributed by atoms with van der Waals surface area (Å²) in [5, 5.41) is 6.03. The van der Waals surface area contributed by atoms with E-state index in [1.807, 2.05) is 61.5 Å². The average molecular weight is 498 g/mol. The summed E-state index contributed by atoms with van der Waals surface area (Å²) in [6.07, 6.45) is 4.12. The van der Waals surface area contributed by atoms with Gasteiger partial charge in [-0.3, -0.25) is 10.1 Å². The van der Waals surface area contributed by atoms with Gasteiger partial charge in [0.05, 0.1) is 0 Å². The molecule has 0 radical (unpaired) electrons. The molecular weight excluding hydrogens is 479 g/mol. The van der Waals surface area contributed by atoms with Crippen LogP contribution in [0.5, 0.6) is 0 Å². The van der Waals surface area contributed by atoms with Crippen LogP contribution in [0.25, 0.3) is 12.2 Å². The summed E-state index contributed by atoms with van der Waals surface area (Å²) in [5.74, 6) is -0.224. The third-order valence-electron chi connectivity index (χ3n) is 4.10. The van der Waals surface area contributed by atoms with Crippen LogP contribution in [-0.4, -0.2) is 11.0 Å². The minimum absolute atomic E-state index is 0.224. The van der Waals surface area contributed by atoms with Crippen LogP contribution in [0.15, 0.2) is 72.8 Å². The van der Waals surface area contributed by atoms with E-state index in [4.69, 9.17) is 12.2 Å². The summed E-state index contributed by atoms with van der Waals surface area (Å²) in [6.45, 7) is 2.01. The Balaban J connectivity index is 1.57. The molecule has 140 valence electrons. The first-order valence-electron chi connectivity index (χ1n) is 8.73. The standard InChI is InChI=1S/C23H19IN2OS/c1-16-7-12-19(15-21(16)24)22(27)26-23(28)25-20-13-10-18(11-14-20)9-8-17-5-3-2-4-6-17/h2-15H,1H3,(H2,25,26,27,28). The van der Waals surface area contributed by atoms with Gasteiger partial charge in [0.15, 0.2) is 5.11 Å². The van der Waals surface area contributed by atoms with Gasteiger partial charge in [-0.05, 0) is 82.7 Å². The van der Waals surface area contributed by atoms with Crippen molar-refractivity contribution in [2.75, 3.05) is 5.32 Å². The number of rotatable bonds is 4. The number of aryl methyl sites for hydroxylation is 1. The number of thiocarbonyl (C=S) groups is 1. The molecule has 0 aromatic heterocycles. The molecule has 0 bridgehead atoms. The molecule has 2 N–H and O–H groups in total. The van der Waals surface area contributed by atoms with Crippen molar-refractivity contribution >= 4 is 63.7 Å². The molecule has 0 unspecified atom stereocenters. The fourth-order valence-electron chi connectivity index (χ4n) is 2.51. The topological polar surface area (TPSA) is 41.1 Å². The smallest absolute Gasteiger partial charge is 0.257 e. The second-order valence-electron chi connectivity index (χ2n) is 6.24. The van der Waals surface area contributed by atoms with E-state index in [0.29, 0.717) is 5.56 Å². The highest BCUT2D eigenvalue weighted by atomic mass is 127. The molecule has 0 fully saturated rings. The van der Waals surface area contributed by atoms with E-state index >= 15 is 0 Å². The Morgan fingerprint density at radius 3 is 2.21 bits per heavy atom. The molecule has 0 aliphatic heterocycles. The largest absolute Gasteiger partial charge is 0.332 e. The maximum Gasteiger partial charge on any atom is 0.257 e. The molecule has 1 amide bonds. The first-order chi connectivity index (χ1) is 13.5. The molecular formula is C23H19IN2OS. The second kappa shape index (κ2) is 9.61. The highest BCUT2D eigenvalue weighted by Gasteiger charge is 2.09. The third-order valence-corrected chi connectivity index (χ3v) is 5.46. The number of carbonyl (C=O) groups excluding carboxylic acids is 1. The van der Waals surface area contributed by atoms with E-state index in [1.54, 1.807) is 6.07 Å². The molecule has 3 nitrogen and oxygen atoms in total. The SMILES string of the molecule is Cc1ccc(C(=O)NC(=S)Nc2ccc(C=Cc3ccccc3)cc2)cc1I. The highest BCUT2D eigenvalue weighted by molar-refractivity contribution is 14.1. The Bertz CT molecular complexity index is 1010. The van der Waals surface area contributed by atoms with Crippen molar-refractivity contribution in [3.8, 4) is 0 Å². The summed E-state index contributed by atoms with van der Waals surface area (Å²) in [4.78, 5) is 12.3. The van der Waals surface area contributed by atoms with Crippen LogP contribution in [0.2, 0.25) is 0 Å². The van der Waals surface area contributed by atoms with E-state index in [1.165, 1.54) is 0 Å². The summed E-state index contributed by atoms with van der Waals surface area (Å²) >= 11 is 7.47. The lowest BCUT2D eigenvalue weighted by molar-refractivity contribution is 0.0977. The lowest BCUT2D eigenvalue weighted by Gasteiger charge is -2.10. The zero-order valence-electron chi connectivity index (χ0n) is 15.3. The number of benzene rings is 3. The van der Waals surface area contributed by atoms with Crippen LogP contribution in [0.1, 0.15) is 27.0 Å². The molecule has 3 rings (SSSR count). The van der Waals surface area contributed by atoms with Crippen LogP contribution >= 0.6 is 34.8 Å². The number of anilines is 1. The van der Waals surface area contributed by atoms with Gasteiger partial charge in [-0.2, -0.15) is 0 Å². The number of hydrogen-bond donors (Lipinski definition) is 2. The molecule has 3 aromatic carbocycles. The van der Waals surface area contributed by atoms with Crippen molar-refractivity contribution in [2.45, 2.75) is 6.92 Å². The van der Waals surface area contributed by atoms with Crippen molar-refractivity contribution in [1.29, 1.82) is 0 Å². The van der Waals surface area contributed by atoms with Crippen molar-refractivity contribution in [1.82, 2.24) is 5.32 Å². The third kappa shape index (κ3) is 5.74. The lowest BCUT2D eigenvalue weighted by Crippen LogP contribution is -2.34. The highest BCUT2D eigenvalue weighted by Crippen LogP contribution is 2.15. The fraction of sp³-hybridized carbons (Fsp3) is 0.0435. The molecule has 5 heteroatoms. The minimum atomic E-state index is -0.224. The van der Waals surface area contributed by atoms with Gasteiger partial charge in [0, 0.05) is 14.8 Å². The number of hydrogen-bond acceptors (Lipinski definition) is 2. The second-order valence-corrected chi connectivity index (χ2v) is 7.81. The Labute approximate surface area is 184 Å². The van der Waals surface area contributed by atoms with E-state index in [-0.39, 0.29) is 11.0 Å². The van der Waals surface area contributed by atoms with E-state index in [9.17, 15) is 4.79 Å². The Hall–Kier alpha value is -2.51. The first kappa shape index (κ1) is 20.2. The maximum absolute atomic E-state index is 12.3. The normalized spacial score (nSPS) is 10.6. The van der Waals surface area contributed by atoms with Crippen LogP contribution in [0, 0.1) is 10.5 Å². The van der Waals surface area contributed by atoms with Gasteiger partial charge in [-0.1, -0.05) is 60.7 Å². The van der Waals surface area contributed by atoms with E-state index in [0.717, 1.165) is 25.9 Å². The quantitative estimate of drug-likeness (QED) is 0.268. The molecule has 0 saturated heterocycles. The summed E-state index contributed by atoms with van der Waals surface area (Å²) in [7, 11) is 0. The molecule has 3 aromatic rings. The van der Waals surface area contributed by atoms with Crippen LogP contribution in [0.3, 0.4) is 0 Å². The summed E-state index contributed by atoms with van der Waals surface area (Å²) in [6, 6.07) is 23.6. The Kier molecular flexibility index (Phi) is 6.95. The number of halogens is 1. The molecule has 28 heavy (non-hydrogen) atoms. The molecule has 0 atom stereocenters. The molecule has 0 saturated carbocycles. The van der Waals surface area contributed by atoms with Gasteiger partial charge in [0.2, 0.25) is 0 Å². The Morgan fingerprint density at radius 1 is 0.929 bits per heavy atom. The first-order valence-corrected chi connectivity index (χ1v) is 10.2. The monoisotopic (exact) mass is 498 g/mol. The summed E-state index contributed by atoms with van der Waals surface area (Å²) < 4.78 is 1.04. The zero-order chi connectivity index (χ0) is 19.9. The average Bonchev–Trinajstić information content (AvgIpc) is 2.70. The Morgan fingerprint density at radius 2 is 1.57 bits per heavy atom. The number of amides is 1. The van der Waals surface area contributed by atoms with Crippen LogP contribution in [0.4, 0.5) is 5.69 Å². The lowest BCUT2D eigenvalue weighted by atomic mass is 10.1. The molecule has 0 aliphatic carbocycles. The van der Waals surface area contributed by atoms with Crippen LogP contribution < -0.4 is 10.6 Å². The van der Waals surface area contributed by atoms with Gasteiger partial charge in [0.25, 0.3) is 5.91 Å². The van der Waals surface area contributed by atoms with Crippen molar-refractivity contribution in [2.24, 2.45) is 0 Å². The van der Waals surface area contributed by atoms with Crippen molar-refractivity contribution < 1.29 is 4.79 Å². The number of nitrogens with one attached hydrogen (secondary N) is 2. The van der Waals surface area contributed by atoms with Crippen molar-refractivity contribution in [3.63, 3.8) is 0 Å². The zero-order valence-corrected chi connectivity index (χ0v) is 18.3. The fourth-order valence-corrected chi connectivity index (χ4v) is 3.23. The van der Waals surface area contributed by atoms with E-state index < -0.39 is 0 Å². The van der Waals surface area contributed by atoms with Gasteiger partial charge in [-0.15, -0.1) is 0 Å². The summed E-state index contributed by atoms with van der Waals surface area (Å²) in [5.41, 5.74) is 4.78. The minimum Gasteiger partial charge on any atom is -0.332 e. The van der Waals surface area contributed by atoms with Gasteiger partial charge < -0.3 is 5.32 Å². The predicted molar refractivity (Wildman–Crippen MR) is 129 cm³/mol. The van der Waals surface area contributed by atoms with Gasteiger partial charge >= 0.3 is 0 Å². The molecule has 0 spiro atoms. The van der Waals surface area contributed by atoms with Crippen LogP contribution in [-0.2, 0) is 0 Å². The van der Waals surface area contributed by atoms with E-state index in [2.05, 4.69) is 57.5 Å². The van der Waals surface area contributed by atoms with Gasteiger partial charge in [-0.25, -0.2) is 0 Å².